The molecule has 0 unspecified atom stereocenters. The number of benzene rings is 3. The molecule has 8 nitrogen and oxygen atoms in total. The van der Waals surface area contributed by atoms with Crippen LogP contribution in [0.1, 0.15) is 27.5 Å². The first-order valence-electron chi connectivity index (χ1n) is 13.4. The maximum atomic E-state index is 14.0. The Bertz CT molecular complexity index is 1850. The molecule has 1 fully saturated rings. The zero-order valence-electron chi connectivity index (χ0n) is 23.3. The molecule has 13 heteroatoms. The molecule has 1 N–H and O–H groups in total. The number of ether oxygens (including phenoxy) is 1. The van der Waals surface area contributed by atoms with Crippen molar-refractivity contribution in [3.8, 4) is 5.75 Å². The Labute approximate surface area is 257 Å². The number of imide groups is 1. The highest BCUT2D eigenvalue weighted by atomic mass is 32.2. The highest BCUT2D eigenvalue weighted by Gasteiger charge is 2.57. The van der Waals surface area contributed by atoms with Gasteiger partial charge < -0.3 is 10.1 Å². The Balaban J connectivity index is 1.41. The lowest BCUT2D eigenvalue weighted by Gasteiger charge is -2.30. The second-order valence-electron chi connectivity index (χ2n) is 10.4. The molecular formula is C31H24F3N3O5S2. The summed E-state index contributed by atoms with van der Waals surface area (Å²) in [6.07, 6.45) is -4.67. The number of nitrogens with zero attached hydrogens (tertiary/aromatic N) is 2. The Hall–Kier alpha value is -4.36. The average Bonchev–Trinajstić information content (AvgIpc) is 3.43. The zero-order chi connectivity index (χ0) is 31.3. The molecule has 3 amide bonds. The third kappa shape index (κ3) is 5.30. The monoisotopic (exact) mass is 639 g/mol. The number of rotatable bonds is 6. The normalized spacial score (nSPS) is 19.5. The predicted octanol–water partition coefficient (Wildman–Crippen LogP) is 5.68. The summed E-state index contributed by atoms with van der Waals surface area (Å²) in [6.45, 7) is 1.54. The van der Waals surface area contributed by atoms with E-state index in [4.69, 9.17) is 4.74 Å². The van der Waals surface area contributed by atoms with Crippen LogP contribution in [-0.4, -0.2) is 34.6 Å². The van der Waals surface area contributed by atoms with E-state index >= 15 is 0 Å². The number of aromatic nitrogens is 1. The van der Waals surface area contributed by atoms with Crippen LogP contribution in [0, 0.1) is 12.8 Å². The number of anilines is 2. The van der Waals surface area contributed by atoms with Crippen molar-refractivity contribution in [2.75, 3.05) is 17.3 Å². The molecule has 44 heavy (non-hydrogen) atoms. The Kier molecular flexibility index (Phi) is 7.62. The number of alkyl halides is 3. The SMILES string of the molecule is COc1ccc([C@@H]2c3sc(=O)n(CC(=O)Nc4cccc(C)c4)c3S[C@H]3C(=O)N(c4cccc(C(F)(F)F)c4)C(=O)[C@@H]23)cc1. The number of nitrogens with one attached hydrogen (secondary N) is 1. The molecule has 6 rings (SSSR count). The number of methoxy groups -OCH3 is 1. The second kappa shape index (κ2) is 11.3. The van der Waals surface area contributed by atoms with Crippen LogP contribution in [0.5, 0.6) is 5.75 Å². The zero-order valence-corrected chi connectivity index (χ0v) is 24.9. The molecule has 1 saturated heterocycles. The van der Waals surface area contributed by atoms with Crippen molar-refractivity contribution in [2.45, 2.75) is 35.8 Å². The molecule has 2 aliphatic heterocycles. The van der Waals surface area contributed by atoms with E-state index < -0.39 is 51.4 Å². The van der Waals surface area contributed by atoms with Gasteiger partial charge in [-0.05, 0) is 60.5 Å². The minimum absolute atomic E-state index is 0.184. The third-order valence-electron chi connectivity index (χ3n) is 7.56. The minimum atomic E-state index is -4.67. The summed E-state index contributed by atoms with van der Waals surface area (Å²) in [4.78, 5) is 55.0. The smallest absolute Gasteiger partial charge is 0.416 e. The van der Waals surface area contributed by atoms with Crippen LogP contribution < -0.4 is 19.8 Å². The standard InChI is InChI=1S/C31H24F3N3O5S2/c1-16-5-3-7-19(13-16)35-22(38)15-36-29-26(44-30(36)41)23(17-9-11-21(42-2)12-10-17)24-25(43-29)28(40)37(27(24)39)20-8-4-6-18(14-20)31(32,33)34/h3-14,23-25H,15H2,1-2H3,(H,35,38)/t23-,24-,25+/m0/s1. The molecule has 2 aliphatic rings. The van der Waals surface area contributed by atoms with Crippen LogP contribution in [-0.2, 0) is 27.1 Å². The van der Waals surface area contributed by atoms with Gasteiger partial charge in [0.05, 0.1) is 29.3 Å². The van der Waals surface area contributed by atoms with Gasteiger partial charge in [-0.15, -0.1) is 0 Å². The lowest BCUT2D eigenvalue weighted by atomic mass is 9.83. The van der Waals surface area contributed by atoms with E-state index in [0.717, 1.165) is 51.8 Å². The van der Waals surface area contributed by atoms with E-state index in [0.29, 0.717) is 26.9 Å². The molecule has 3 heterocycles. The summed E-state index contributed by atoms with van der Waals surface area (Å²) in [5.74, 6) is -3.04. The van der Waals surface area contributed by atoms with Crippen molar-refractivity contribution >= 4 is 52.2 Å². The van der Waals surface area contributed by atoms with E-state index in [-0.39, 0.29) is 12.2 Å². The Morgan fingerprint density at radius 1 is 0.977 bits per heavy atom. The summed E-state index contributed by atoms with van der Waals surface area (Å²) >= 11 is 1.87. The number of carbonyl (C=O) groups is 3. The largest absolute Gasteiger partial charge is 0.497 e. The maximum absolute atomic E-state index is 14.0. The van der Waals surface area contributed by atoms with E-state index in [2.05, 4.69) is 5.32 Å². The molecule has 0 radical (unpaired) electrons. The first kappa shape index (κ1) is 29.7. The van der Waals surface area contributed by atoms with E-state index in [1.807, 2.05) is 13.0 Å². The summed E-state index contributed by atoms with van der Waals surface area (Å²) in [6, 6.07) is 18.1. The molecule has 4 aromatic rings. The molecule has 3 atom stereocenters. The molecule has 226 valence electrons. The van der Waals surface area contributed by atoms with Gasteiger partial charge in [-0.25, -0.2) is 4.90 Å². The fourth-order valence-corrected chi connectivity index (χ4v) is 8.34. The quantitative estimate of drug-likeness (QED) is 0.273. The Morgan fingerprint density at radius 3 is 2.39 bits per heavy atom. The molecular weight excluding hydrogens is 615 g/mol. The van der Waals surface area contributed by atoms with Crippen LogP contribution in [0.15, 0.2) is 82.6 Å². The fraction of sp³-hybridized carbons (Fsp3) is 0.226. The number of carbonyl (C=O) groups excluding carboxylic acids is 3. The van der Waals surface area contributed by atoms with E-state index in [9.17, 15) is 32.3 Å². The van der Waals surface area contributed by atoms with Crippen molar-refractivity contribution in [3.05, 3.63) is 104 Å². The number of fused-ring (bicyclic) bond motifs is 2. The summed E-state index contributed by atoms with van der Waals surface area (Å²) in [7, 11) is 1.50. The fourth-order valence-electron chi connectivity index (χ4n) is 5.57. The van der Waals surface area contributed by atoms with Gasteiger partial charge in [-0.3, -0.25) is 23.7 Å². The van der Waals surface area contributed by atoms with Gasteiger partial charge in [0.15, 0.2) is 0 Å². The predicted molar refractivity (Wildman–Crippen MR) is 160 cm³/mol. The van der Waals surface area contributed by atoms with Crippen molar-refractivity contribution < 1.29 is 32.3 Å². The van der Waals surface area contributed by atoms with Gasteiger partial charge in [-0.1, -0.05) is 53.4 Å². The number of aryl methyl sites for hydroxylation is 1. The number of thioether (sulfide) groups is 1. The van der Waals surface area contributed by atoms with Crippen molar-refractivity contribution in [3.63, 3.8) is 0 Å². The molecule has 0 aliphatic carbocycles. The summed E-state index contributed by atoms with van der Waals surface area (Å²) in [5.41, 5.74) is 0.941. The van der Waals surface area contributed by atoms with Crippen LogP contribution in [0.4, 0.5) is 24.5 Å². The highest BCUT2D eigenvalue weighted by Crippen LogP contribution is 2.54. The molecule has 0 saturated carbocycles. The second-order valence-corrected chi connectivity index (χ2v) is 12.5. The molecule has 3 aromatic carbocycles. The third-order valence-corrected chi connectivity index (χ3v) is 10.2. The van der Waals surface area contributed by atoms with Gasteiger partial charge in [0.25, 0.3) is 0 Å². The Morgan fingerprint density at radius 2 is 1.70 bits per heavy atom. The topological polar surface area (TPSA) is 97.7 Å². The van der Waals surface area contributed by atoms with Crippen LogP contribution >= 0.6 is 23.1 Å². The van der Waals surface area contributed by atoms with E-state index in [1.54, 1.807) is 42.5 Å². The van der Waals surface area contributed by atoms with Crippen LogP contribution in [0.25, 0.3) is 0 Å². The molecule has 1 aromatic heterocycles. The highest BCUT2D eigenvalue weighted by molar-refractivity contribution is 8.00. The van der Waals surface area contributed by atoms with Crippen molar-refractivity contribution in [1.82, 2.24) is 4.57 Å². The minimum Gasteiger partial charge on any atom is -0.497 e. The van der Waals surface area contributed by atoms with Gasteiger partial charge in [0, 0.05) is 16.5 Å². The lowest BCUT2D eigenvalue weighted by Crippen LogP contribution is -2.33. The molecule has 0 spiro atoms. The first-order chi connectivity index (χ1) is 21.0. The van der Waals surface area contributed by atoms with E-state index in [1.165, 1.54) is 17.7 Å². The summed E-state index contributed by atoms with van der Waals surface area (Å²) < 4.78 is 47.1. The number of halogens is 3. The van der Waals surface area contributed by atoms with Gasteiger partial charge in [0.1, 0.15) is 17.5 Å². The van der Waals surface area contributed by atoms with Crippen molar-refractivity contribution in [2.24, 2.45) is 5.92 Å². The maximum Gasteiger partial charge on any atom is 0.416 e. The molecule has 0 bridgehead atoms. The first-order valence-corrected chi connectivity index (χ1v) is 15.1. The summed E-state index contributed by atoms with van der Waals surface area (Å²) in [5, 5.41) is 2.10. The average molecular weight is 640 g/mol. The number of hydrogen-bond acceptors (Lipinski definition) is 7. The number of hydrogen-bond donors (Lipinski definition) is 1. The van der Waals surface area contributed by atoms with Gasteiger partial charge in [-0.2, -0.15) is 13.2 Å². The van der Waals surface area contributed by atoms with Crippen molar-refractivity contribution in [1.29, 1.82) is 0 Å². The van der Waals surface area contributed by atoms with Gasteiger partial charge >= 0.3 is 11.0 Å². The van der Waals surface area contributed by atoms with Gasteiger partial charge in [0.2, 0.25) is 17.7 Å². The lowest BCUT2D eigenvalue weighted by molar-refractivity contribution is -0.137. The number of amides is 3. The van der Waals surface area contributed by atoms with Crippen LogP contribution in [0.2, 0.25) is 0 Å². The number of thiazole rings is 1. The van der Waals surface area contributed by atoms with Crippen LogP contribution in [0.3, 0.4) is 0 Å².